The Bertz CT molecular complexity index is 1180. The number of aromatic nitrogens is 4. The molecule has 0 unspecified atom stereocenters. The first-order valence-electron chi connectivity index (χ1n) is 9.77. The molecule has 8 nitrogen and oxygen atoms in total. The third-order valence-corrected chi connectivity index (χ3v) is 4.90. The van der Waals surface area contributed by atoms with Gasteiger partial charge in [-0.1, -0.05) is 35.5 Å². The fourth-order valence-corrected chi connectivity index (χ4v) is 3.27. The zero-order valence-corrected chi connectivity index (χ0v) is 17.5. The predicted molar refractivity (Wildman–Crippen MR) is 113 cm³/mol. The van der Waals surface area contributed by atoms with Gasteiger partial charge in [0.05, 0.1) is 25.0 Å². The van der Waals surface area contributed by atoms with Crippen molar-refractivity contribution in [3.8, 4) is 17.1 Å². The molecule has 0 N–H and O–H groups in total. The molecule has 0 atom stereocenters. The molecule has 2 heterocycles. The number of rotatable bonds is 7. The Morgan fingerprint density at radius 3 is 2.52 bits per heavy atom. The molecule has 0 radical (unpaired) electrons. The lowest BCUT2D eigenvalue weighted by Crippen LogP contribution is -2.09. The molecule has 2 aromatic carbocycles. The van der Waals surface area contributed by atoms with E-state index in [0.717, 1.165) is 22.6 Å². The van der Waals surface area contributed by atoms with E-state index < -0.39 is 5.97 Å². The van der Waals surface area contributed by atoms with Crippen LogP contribution in [0.25, 0.3) is 11.4 Å². The Labute approximate surface area is 179 Å². The molecule has 31 heavy (non-hydrogen) atoms. The maximum absolute atomic E-state index is 12.7. The molecule has 2 aromatic heterocycles. The molecular weight excluding hydrogens is 396 g/mol. The normalized spacial score (nSPS) is 10.8. The lowest BCUT2D eigenvalue weighted by molar-refractivity contribution is 0.0428. The van der Waals surface area contributed by atoms with Crippen LogP contribution in [0.3, 0.4) is 0 Å². The largest absolute Gasteiger partial charge is 0.497 e. The minimum atomic E-state index is -0.474. The molecule has 4 rings (SSSR count). The molecule has 0 aliphatic heterocycles. The van der Waals surface area contributed by atoms with Gasteiger partial charge in [0.2, 0.25) is 5.82 Å². The molecule has 0 aliphatic rings. The second kappa shape index (κ2) is 8.83. The smallest absolute Gasteiger partial charge is 0.342 e. The summed E-state index contributed by atoms with van der Waals surface area (Å²) in [5, 5.41) is 8.44. The molecule has 0 fully saturated rings. The van der Waals surface area contributed by atoms with E-state index in [4.69, 9.17) is 14.0 Å². The summed E-state index contributed by atoms with van der Waals surface area (Å²) in [4.78, 5) is 17.0. The topological polar surface area (TPSA) is 92.3 Å². The van der Waals surface area contributed by atoms with Crippen molar-refractivity contribution in [3.05, 3.63) is 83.0 Å². The summed E-state index contributed by atoms with van der Waals surface area (Å²) in [5.74, 6) is 0.890. The second-order valence-electron chi connectivity index (χ2n) is 7.01. The number of aryl methyl sites for hydroxylation is 1. The number of ether oxygens (including phenoxy) is 2. The lowest BCUT2D eigenvalue weighted by Gasteiger charge is -2.05. The van der Waals surface area contributed by atoms with Crippen LogP contribution in [0.1, 0.15) is 33.2 Å². The van der Waals surface area contributed by atoms with Crippen LogP contribution in [0.4, 0.5) is 0 Å². The molecule has 4 aromatic rings. The second-order valence-corrected chi connectivity index (χ2v) is 7.01. The Kier molecular flexibility index (Phi) is 5.79. The SMILES string of the molecule is COc1ccc(-c2noc(COC(=O)c3c(C)nn(Cc4ccccc4)c3C)n2)cc1. The van der Waals surface area contributed by atoms with E-state index in [1.807, 2.05) is 61.5 Å². The summed E-state index contributed by atoms with van der Waals surface area (Å²) in [5.41, 5.74) is 3.69. The predicted octanol–water partition coefficient (Wildman–Crippen LogP) is 3.96. The molecule has 0 saturated carbocycles. The summed E-state index contributed by atoms with van der Waals surface area (Å²) in [7, 11) is 1.60. The van der Waals surface area contributed by atoms with Crippen LogP contribution in [-0.4, -0.2) is 33.0 Å². The van der Waals surface area contributed by atoms with Crippen LogP contribution in [0.15, 0.2) is 59.1 Å². The number of hydrogen-bond acceptors (Lipinski definition) is 7. The average Bonchev–Trinajstić information content (AvgIpc) is 3.37. The van der Waals surface area contributed by atoms with Gasteiger partial charge in [-0.2, -0.15) is 10.1 Å². The molecule has 0 saturated heterocycles. The zero-order chi connectivity index (χ0) is 21.8. The van der Waals surface area contributed by atoms with Crippen molar-refractivity contribution >= 4 is 5.97 Å². The molecule has 0 amide bonds. The van der Waals surface area contributed by atoms with Crippen LogP contribution in [0.5, 0.6) is 5.75 Å². The maximum atomic E-state index is 12.7. The summed E-state index contributed by atoms with van der Waals surface area (Å²) in [6.07, 6.45) is 0. The van der Waals surface area contributed by atoms with Crippen molar-refractivity contribution in [2.75, 3.05) is 7.11 Å². The number of nitrogens with zero attached hydrogens (tertiary/aromatic N) is 4. The third kappa shape index (κ3) is 4.48. The minimum Gasteiger partial charge on any atom is -0.497 e. The van der Waals surface area contributed by atoms with Crippen LogP contribution in [-0.2, 0) is 17.9 Å². The van der Waals surface area contributed by atoms with Gasteiger partial charge in [-0.15, -0.1) is 0 Å². The van der Waals surface area contributed by atoms with Crippen LogP contribution in [0.2, 0.25) is 0 Å². The highest BCUT2D eigenvalue weighted by atomic mass is 16.6. The van der Waals surface area contributed by atoms with Crippen molar-refractivity contribution in [2.24, 2.45) is 0 Å². The monoisotopic (exact) mass is 418 g/mol. The quantitative estimate of drug-likeness (QED) is 0.419. The molecule has 0 bridgehead atoms. The van der Waals surface area contributed by atoms with E-state index in [1.54, 1.807) is 18.7 Å². The van der Waals surface area contributed by atoms with Gasteiger partial charge in [0, 0.05) is 5.56 Å². The Balaban J connectivity index is 1.43. The van der Waals surface area contributed by atoms with Crippen LogP contribution >= 0.6 is 0 Å². The number of carbonyl (C=O) groups excluding carboxylic acids is 1. The van der Waals surface area contributed by atoms with Gasteiger partial charge in [0.15, 0.2) is 6.61 Å². The minimum absolute atomic E-state index is 0.120. The van der Waals surface area contributed by atoms with Crippen molar-refractivity contribution in [3.63, 3.8) is 0 Å². The van der Waals surface area contributed by atoms with Gasteiger partial charge in [-0.05, 0) is 43.7 Å². The van der Waals surface area contributed by atoms with E-state index in [1.165, 1.54) is 0 Å². The van der Waals surface area contributed by atoms with Crippen LogP contribution in [0, 0.1) is 13.8 Å². The number of benzene rings is 2. The number of methoxy groups -OCH3 is 1. The number of carbonyl (C=O) groups is 1. The van der Waals surface area contributed by atoms with Crippen molar-refractivity contribution in [1.82, 2.24) is 19.9 Å². The molecule has 158 valence electrons. The van der Waals surface area contributed by atoms with Crippen LogP contribution < -0.4 is 4.74 Å². The Hall–Kier alpha value is -3.94. The van der Waals surface area contributed by atoms with Gasteiger partial charge in [-0.3, -0.25) is 4.68 Å². The van der Waals surface area contributed by atoms with Gasteiger partial charge >= 0.3 is 5.97 Å². The van der Waals surface area contributed by atoms with Gasteiger partial charge in [0.25, 0.3) is 5.89 Å². The number of esters is 1. The lowest BCUT2D eigenvalue weighted by atomic mass is 10.2. The Morgan fingerprint density at radius 1 is 1.06 bits per heavy atom. The van der Waals surface area contributed by atoms with Gasteiger partial charge < -0.3 is 14.0 Å². The average molecular weight is 418 g/mol. The first-order valence-corrected chi connectivity index (χ1v) is 9.77. The summed E-state index contributed by atoms with van der Waals surface area (Å²) in [6.45, 7) is 4.11. The molecular formula is C23H22N4O4. The Morgan fingerprint density at radius 2 is 1.81 bits per heavy atom. The highest BCUT2D eigenvalue weighted by Gasteiger charge is 2.21. The molecule has 8 heteroatoms. The van der Waals surface area contributed by atoms with E-state index >= 15 is 0 Å². The highest BCUT2D eigenvalue weighted by molar-refractivity contribution is 5.91. The van der Waals surface area contributed by atoms with E-state index in [9.17, 15) is 4.79 Å². The van der Waals surface area contributed by atoms with E-state index in [0.29, 0.717) is 23.6 Å². The maximum Gasteiger partial charge on any atom is 0.342 e. The van der Waals surface area contributed by atoms with Gasteiger partial charge in [-0.25, -0.2) is 4.79 Å². The summed E-state index contributed by atoms with van der Waals surface area (Å²) < 4.78 is 17.6. The number of hydrogen-bond donors (Lipinski definition) is 0. The summed E-state index contributed by atoms with van der Waals surface area (Å²) in [6, 6.07) is 17.2. The molecule has 0 aliphatic carbocycles. The first-order chi connectivity index (χ1) is 15.0. The van der Waals surface area contributed by atoms with E-state index in [2.05, 4.69) is 15.2 Å². The third-order valence-electron chi connectivity index (χ3n) is 4.90. The fourth-order valence-electron chi connectivity index (χ4n) is 3.27. The standard InChI is InChI=1S/C23H22N4O4/c1-15-21(16(2)27(25-15)13-17-7-5-4-6-8-17)23(28)30-14-20-24-22(26-31-20)18-9-11-19(29-3)12-10-18/h4-12H,13-14H2,1-3H3. The van der Waals surface area contributed by atoms with Crippen molar-refractivity contribution in [2.45, 2.75) is 27.0 Å². The molecule has 0 spiro atoms. The van der Waals surface area contributed by atoms with Crippen molar-refractivity contribution in [1.29, 1.82) is 0 Å². The fraction of sp³-hybridized carbons (Fsp3) is 0.217. The zero-order valence-electron chi connectivity index (χ0n) is 17.5. The van der Waals surface area contributed by atoms with Crippen molar-refractivity contribution < 1.29 is 18.8 Å². The first kappa shape index (κ1) is 20.3. The summed E-state index contributed by atoms with van der Waals surface area (Å²) >= 11 is 0. The van der Waals surface area contributed by atoms with Gasteiger partial charge in [0.1, 0.15) is 11.3 Å². The van der Waals surface area contributed by atoms with E-state index in [-0.39, 0.29) is 12.5 Å². The highest BCUT2D eigenvalue weighted by Crippen LogP contribution is 2.21.